The summed E-state index contributed by atoms with van der Waals surface area (Å²) < 4.78 is 0. The summed E-state index contributed by atoms with van der Waals surface area (Å²) in [6.45, 7) is 3.82. The molecule has 4 heteroatoms. The van der Waals surface area contributed by atoms with E-state index in [4.69, 9.17) is 5.11 Å². The average Bonchev–Trinajstić information content (AvgIpc) is 2.43. The lowest BCUT2D eigenvalue weighted by molar-refractivity contribution is 0.350. The first-order chi connectivity index (χ1) is 9.69. The molecule has 2 rings (SSSR count). The molecule has 0 saturated heterocycles. The third-order valence-corrected chi connectivity index (χ3v) is 3.53. The van der Waals surface area contributed by atoms with Gasteiger partial charge in [0.2, 0.25) is 0 Å². The molecule has 0 atom stereocenters. The first-order valence-electron chi connectivity index (χ1n) is 6.32. The molecule has 0 amide bonds. The van der Waals surface area contributed by atoms with Gasteiger partial charge in [0.1, 0.15) is 6.61 Å². The minimum atomic E-state index is -0.123. The second kappa shape index (κ2) is 7.09. The van der Waals surface area contributed by atoms with Crippen LogP contribution in [0.2, 0.25) is 0 Å². The van der Waals surface area contributed by atoms with Crippen molar-refractivity contribution in [2.45, 2.75) is 24.8 Å². The fourth-order valence-electron chi connectivity index (χ4n) is 1.80. The Kier molecular flexibility index (Phi) is 5.16. The molecule has 0 saturated carbocycles. The van der Waals surface area contributed by atoms with E-state index in [1.165, 1.54) is 0 Å². The van der Waals surface area contributed by atoms with E-state index in [2.05, 4.69) is 21.8 Å². The van der Waals surface area contributed by atoms with Crippen molar-refractivity contribution < 1.29 is 5.11 Å². The summed E-state index contributed by atoms with van der Waals surface area (Å²) in [6, 6.07) is 9.90. The molecule has 0 aliphatic rings. The van der Waals surface area contributed by atoms with E-state index in [0.717, 1.165) is 33.4 Å². The van der Waals surface area contributed by atoms with Crippen molar-refractivity contribution in [2.24, 2.45) is 0 Å². The van der Waals surface area contributed by atoms with Crippen molar-refractivity contribution in [3.8, 4) is 11.8 Å². The van der Waals surface area contributed by atoms with Crippen molar-refractivity contribution >= 4 is 11.8 Å². The van der Waals surface area contributed by atoms with Gasteiger partial charge < -0.3 is 5.11 Å². The zero-order valence-electron chi connectivity index (χ0n) is 11.6. The summed E-state index contributed by atoms with van der Waals surface area (Å²) in [5.41, 5.74) is 4.03. The lowest BCUT2D eigenvalue weighted by atomic mass is 10.1. The predicted molar refractivity (Wildman–Crippen MR) is 81.5 cm³/mol. The number of aliphatic hydroxyl groups excluding tert-OH is 1. The van der Waals surface area contributed by atoms with Crippen molar-refractivity contribution in [1.82, 2.24) is 9.97 Å². The molecule has 0 bridgehead atoms. The molecule has 0 aliphatic carbocycles. The van der Waals surface area contributed by atoms with Gasteiger partial charge in [-0.15, -0.1) is 0 Å². The second-order valence-electron chi connectivity index (χ2n) is 4.34. The van der Waals surface area contributed by atoms with Crippen molar-refractivity contribution in [1.29, 1.82) is 0 Å². The number of benzene rings is 1. The van der Waals surface area contributed by atoms with E-state index in [0.29, 0.717) is 0 Å². The van der Waals surface area contributed by atoms with Gasteiger partial charge in [0.25, 0.3) is 0 Å². The predicted octanol–water partition coefficient (Wildman–Crippen LogP) is 2.73. The Balaban J connectivity index is 2.14. The highest BCUT2D eigenvalue weighted by Gasteiger charge is 2.04. The molecule has 2 aromatic rings. The molecular formula is C16H16N2OS. The molecule has 0 radical (unpaired) electrons. The van der Waals surface area contributed by atoms with Gasteiger partial charge in [-0.25, -0.2) is 9.97 Å². The maximum Gasteiger partial charge on any atom is 0.188 e. The molecule has 0 fully saturated rings. The maximum absolute atomic E-state index is 8.79. The zero-order valence-corrected chi connectivity index (χ0v) is 12.4. The van der Waals surface area contributed by atoms with Crippen molar-refractivity contribution in [3.63, 3.8) is 0 Å². The minimum Gasteiger partial charge on any atom is -0.384 e. The molecule has 1 heterocycles. The smallest absolute Gasteiger partial charge is 0.188 e. The van der Waals surface area contributed by atoms with Gasteiger partial charge in [-0.1, -0.05) is 41.8 Å². The third-order valence-electron chi connectivity index (χ3n) is 2.64. The van der Waals surface area contributed by atoms with E-state index in [-0.39, 0.29) is 6.61 Å². The Hall–Kier alpha value is -1.83. The summed E-state index contributed by atoms with van der Waals surface area (Å²) in [7, 11) is 0. The SMILES string of the molecule is Cc1cc(C)nc(SCc2ccccc2C#CCO)n1. The van der Waals surface area contributed by atoms with Crippen LogP contribution in [0.15, 0.2) is 35.5 Å². The third kappa shape index (κ3) is 4.09. The number of thioether (sulfide) groups is 1. The number of rotatable bonds is 3. The number of nitrogens with zero attached hydrogens (tertiary/aromatic N) is 2. The molecule has 0 aliphatic heterocycles. The number of aliphatic hydroxyl groups is 1. The van der Waals surface area contributed by atoms with Gasteiger partial charge in [0.05, 0.1) is 0 Å². The highest BCUT2D eigenvalue weighted by molar-refractivity contribution is 7.98. The van der Waals surface area contributed by atoms with Crippen LogP contribution in [-0.2, 0) is 5.75 Å². The van der Waals surface area contributed by atoms with Crippen LogP contribution in [-0.4, -0.2) is 21.7 Å². The summed E-state index contributed by atoms with van der Waals surface area (Å²) in [5.74, 6) is 6.42. The van der Waals surface area contributed by atoms with Gasteiger partial charge in [0.15, 0.2) is 5.16 Å². The lowest BCUT2D eigenvalue weighted by Crippen LogP contribution is -1.94. The standard InChI is InChI=1S/C16H16N2OS/c1-12-10-13(2)18-16(17-12)20-11-15-7-4-3-6-14(15)8-5-9-19/h3-4,6-7,10,19H,9,11H2,1-2H3. The normalized spacial score (nSPS) is 9.95. The van der Waals surface area contributed by atoms with Gasteiger partial charge in [-0.3, -0.25) is 0 Å². The Labute approximate surface area is 123 Å². The highest BCUT2D eigenvalue weighted by Crippen LogP contribution is 2.21. The molecule has 0 unspecified atom stereocenters. The minimum absolute atomic E-state index is 0.123. The molecule has 102 valence electrons. The molecule has 0 spiro atoms. The van der Waals surface area contributed by atoms with Gasteiger partial charge in [-0.05, 0) is 31.5 Å². The Morgan fingerprint density at radius 3 is 2.55 bits per heavy atom. The van der Waals surface area contributed by atoms with E-state index in [1.807, 2.05) is 44.2 Å². The molecule has 1 aromatic carbocycles. The number of hydrogen-bond acceptors (Lipinski definition) is 4. The lowest BCUT2D eigenvalue weighted by Gasteiger charge is -2.05. The van der Waals surface area contributed by atoms with Gasteiger partial charge in [0, 0.05) is 22.7 Å². The van der Waals surface area contributed by atoms with E-state index in [1.54, 1.807) is 11.8 Å². The van der Waals surface area contributed by atoms with Crippen molar-refractivity contribution in [3.05, 3.63) is 52.8 Å². The topological polar surface area (TPSA) is 46.0 Å². The molecule has 20 heavy (non-hydrogen) atoms. The zero-order chi connectivity index (χ0) is 14.4. The summed E-state index contributed by atoms with van der Waals surface area (Å²) in [4.78, 5) is 8.83. The average molecular weight is 284 g/mol. The quantitative estimate of drug-likeness (QED) is 0.535. The first kappa shape index (κ1) is 14.6. The van der Waals surface area contributed by atoms with Crippen LogP contribution in [0.3, 0.4) is 0 Å². The van der Waals surface area contributed by atoms with E-state index < -0.39 is 0 Å². The number of aryl methyl sites for hydroxylation is 2. The largest absolute Gasteiger partial charge is 0.384 e. The van der Waals surface area contributed by atoms with Crippen LogP contribution in [0.1, 0.15) is 22.5 Å². The van der Waals surface area contributed by atoms with E-state index in [9.17, 15) is 0 Å². The molecular weight excluding hydrogens is 268 g/mol. The Morgan fingerprint density at radius 1 is 1.15 bits per heavy atom. The second-order valence-corrected chi connectivity index (χ2v) is 5.28. The van der Waals surface area contributed by atoms with Crippen LogP contribution in [0.5, 0.6) is 0 Å². The fourth-order valence-corrected chi connectivity index (χ4v) is 2.76. The van der Waals surface area contributed by atoms with Crippen molar-refractivity contribution in [2.75, 3.05) is 6.61 Å². The van der Waals surface area contributed by atoms with Gasteiger partial charge in [-0.2, -0.15) is 0 Å². The summed E-state index contributed by atoms with van der Waals surface area (Å²) in [6.07, 6.45) is 0. The summed E-state index contributed by atoms with van der Waals surface area (Å²) in [5, 5.41) is 9.57. The Morgan fingerprint density at radius 2 is 1.85 bits per heavy atom. The number of hydrogen-bond donors (Lipinski definition) is 1. The van der Waals surface area contributed by atoms with Crippen LogP contribution in [0, 0.1) is 25.7 Å². The molecule has 1 aromatic heterocycles. The van der Waals surface area contributed by atoms with Crippen LogP contribution in [0.25, 0.3) is 0 Å². The molecule has 1 N–H and O–H groups in total. The Bertz CT molecular complexity index is 639. The monoisotopic (exact) mass is 284 g/mol. The summed E-state index contributed by atoms with van der Waals surface area (Å²) >= 11 is 1.60. The highest BCUT2D eigenvalue weighted by atomic mass is 32.2. The first-order valence-corrected chi connectivity index (χ1v) is 7.30. The van der Waals surface area contributed by atoms with Crippen LogP contribution >= 0.6 is 11.8 Å². The van der Waals surface area contributed by atoms with Crippen LogP contribution < -0.4 is 0 Å². The maximum atomic E-state index is 8.79. The fraction of sp³-hybridized carbons (Fsp3) is 0.250. The van der Waals surface area contributed by atoms with Crippen LogP contribution in [0.4, 0.5) is 0 Å². The molecule has 3 nitrogen and oxygen atoms in total. The van der Waals surface area contributed by atoms with E-state index >= 15 is 0 Å². The van der Waals surface area contributed by atoms with Gasteiger partial charge >= 0.3 is 0 Å². The number of aromatic nitrogens is 2.